The van der Waals surface area contributed by atoms with E-state index in [1.165, 1.54) is 11.8 Å². The minimum atomic E-state index is -0.297. The first-order chi connectivity index (χ1) is 9.22. The van der Waals surface area contributed by atoms with Crippen LogP contribution in [0.5, 0.6) is 0 Å². The maximum atomic E-state index is 11.9. The fourth-order valence-corrected chi connectivity index (χ4v) is 2.87. The molecule has 0 radical (unpaired) electrons. The van der Waals surface area contributed by atoms with Crippen molar-refractivity contribution in [3.63, 3.8) is 0 Å². The summed E-state index contributed by atoms with van der Waals surface area (Å²) in [7, 11) is 0. The van der Waals surface area contributed by atoms with Crippen LogP contribution in [0.1, 0.15) is 5.56 Å². The highest BCUT2D eigenvalue weighted by molar-refractivity contribution is 9.10. The zero-order valence-electron chi connectivity index (χ0n) is 9.72. The number of thioether (sulfide) groups is 1. The normalized spacial score (nSPS) is 11.0. The maximum absolute atomic E-state index is 11.9. The van der Waals surface area contributed by atoms with Crippen molar-refractivity contribution in [2.45, 2.75) is 10.9 Å². The Kier molecular flexibility index (Phi) is 3.44. The zero-order valence-corrected chi connectivity index (χ0v) is 12.1. The molecule has 6 heteroatoms. The molecule has 1 aromatic carbocycles. The molecular formula is C13H9BrN2O2S. The van der Waals surface area contributed by atoms with Gasteiger partial charge in [-0.3, -0.25) is 0 Å². The number of H-pyrrole nitrogens is 1. The van der Waals surface area contributed by atoms with Crippen LogP contribution in [0.15, 0.2) is 55.5 Å². The van der Waals surface area contributed by atoms with Crippen LogP contribution in [0.4, 0.5) is 0 Å². The topological polar surface area (TPSA) is 58.9 Å². The van der Waals surface area contributed by atoms with Gasteiger partial charge in [0, 0.05) is 33.6 Å². The quantitative estimate of drug-likeness (QED) is 0.586. The van der Waals surface area contributed by atoms with E-state index in [1.54, 1.807) is 18.5 Å². The first kappa shape index (κ1) is 12.5. The van der Waals surface area contributed by atoms with Crippen molar-refractivity contribution in [2.24, 2.45) is 0 Å². The lowest BCUT2D eigenvalue weighted by Crippen LogP contribution is -2.05. The number of imidazole rings is 1. The first-order valence-electron chi connectivity index (χ1n) is 5.57. The predicted octanol–water partition coefficient (Wildman–Crippen LogP) is 3.57. The van der Waals surface area contributed by atoms with E-state index in [2.05, 4.69) is 25.9 Å². The van der Waals surface area contributed by atoms with Gasteiger partial charge in [-0.25, -0.2) is 9.78 Å². The number of hydrogen-bond donors (Lipinski definition) is 1. The first-order valence-corrected chi connectivity index (χ1v) is 7.35. The summed E-state index contributed by atoms with van der Waals surface area (Å²) in [5, 5.41) is 1.69. The van der Waals surface area contributed by atoms with Crippen molar-refractivity contribution in [1.29, 1.82) is 0 Å². The van der Waals surface area contributed by atoms with Gasteiger partial charge in [-0.15, -0.1) is 0 Å². The minimum absolute atomic E-state index is 0.297. The highest BCUT2D eigenvalue weighted by Gasteiger charge is 2.07. The van der Waals surface area contributed by atoms with E-state index in [4.69, 9.17) is 4.42 Å². The summed E-state index contributed by atoms with van der Waals surface area (Å²) in [4.78, 5) is 18.9. The molecular weight excluding hydrogens is 328 g/mol. The number of nitrogens with one attached hydrogen (secondary N) is 1. The lowest BCUT2D eigenvalue weighted by molar-refractivity contribution is 0.554. The molecule has 0 aliphatic heterocycles. The molecule has 1 N–H and O–H groups in total. The van der Waals surface area contributed by atoms with E-state index in [-0.39, 0.29) is 5.63 Å². The number of rotatable bonds is 3. The van der Waals surface area contributed by atoms with Crippen LogP contribution in [-0.2, 0) is 5.75 Å². The second-order valence-electron chi connectivity index (χ2n) is 3.92. The average Bonchev–Trinajstić information content (AvgIpc) is 2.90. The predicted molar refractivity (Wildman–Crippen MR) is 78.3 cm³/mol. The standard InChI is InChI=1S/C13H9BrN2O2S/c14-10-1-2-11-8(6-10)5-9(12(17)18-11)7-19-13-15-3-4-16-13/h1-6H,7H2,(H,15,16). The molecule has 2 heterocycles. The van der Waals surface area contributed by atoms with E-state index >= 15 is 0 Å². The van der Waals surface area contributed by atoms with Gasteiger partial charge in [0.1, 0.15) is 5.58 Å². The van der Waals surface area contributed by atoms with Crippen LogP contribution in [-0.4, -0.2) is 9.97 Å². The molecule has 0 amide bonds. The van der Waals surface area contributed by atoms with Crippen molar-refractivity contribution in [2.75, 3.05) is 0 Å². The number of fused-ring (bicyclic) bond motifs is 1. The molecule has 3 aromatic rings. The SMILES string of the molecule is O=c1oc2ccc(Br)cc2cc1CSc1ncc[nH]1. The van der Waals surface area contributed by atoms with Crippen molar-refractivity contribution in [3.8, 4) is 0 Å². The Morgan fingerprint density at radius 3 is 3.05 bits per heavy atom. The van der Waals surface area contributed by atoms with Crippen molar-refractivity contribution < 1.29 is 4.42 Å². The number of benzene rings is 1. The molecule has 0 aliphatic rings. The Morgan fingerprint density at radius 2 is 2.26 bits per heavy atom. The van der Waals surface area contributed by atoms with Gasteiger partial charge in [0.2, 0.25) is 0 Å². The fourth-order valence-electron chi connectivity index (χ4n) is 1.71. The maximum Gasteiger partial charge on any atom is 0.340 e. The van der Waals surface area contributed by atoms with E-state index in [1.807, 2.05) is 18.2 Å². The Hall–Kier alpha value is -1.53. The van der Waals surface area contributed by atoms with Crippen molar-refractivity contribution in [3.05, 3.63) is 57.1 Å². The van der Waals surface area contributed by atoms with Crippen LogP contribution in [0.3, 0.4) is 0 Å². The van der Waals surface area contributed by atoms with E-state index in [0.717, 1.165) is 15.0 Å². The highest BCUT2D eigenvalue weighted by Crippen LogP contribution is 2.22. The minimum Gasteiger partial charge on any atom is -0.423 e. The molecule has 96 valence electrons. The number of aromatic amines is 1. The van der Waals surface area contributed by atoms with E-state index in [0.29, 0.717) is 16.9 Å². The number of aromatic nitrogens is 2. The van der Waals surface area contributed by atoms with Crippen molar-refractivity contribution >= 4 is 38.7 Å². The lowest BCUT2D eigenvalue weighted by atomic mass is 10.2. The Morgan fingerprint density at radius 1 is 1.37 bits per heavy atom. The average molecular weight is 337 g/mol. The summed E-state index contributed by atoms with van der Waals surface area (Å²) < 4.78 is 6.25. The number of nitrogens with zero attached hydrogens (tertiary/aromatic N) is 1. The molecule has 0 aliphatic carbocycles. The molecule has 0 unspecified atom stereocenters. The van der Waals surface area contributed by atoms with E-state index in [9.17, 15) is 4.79 Å². The molecule has 0 fully saturated rings. The second-order valence-corrected chi connectivity index (χ2v) is 5.80. The lowest BCUT2D eigenvalue weighted by Gasteiger charge is -2.01. The third kappa shape index (κ3) is 2.74. The molecule has 2 aromatic heterocycles. The summed E-state index contributed by atoms with van der Waals surface area (Å²) in [6, 6.07) is 7.42. The summed E-state index contributed by atoms with van der Waals surface area (Å²) in [6.45, 7) is 0. The molecule has 0 bridgehead atoms. The molecule has 0 saturated heterocycles. The van der Waals surface area contributed by atoms with Crippen LogP contribution < -0.4 is 5.63 Å². The smallest absolute Gasteiger partial charge is 0.340 e. The number of halogens is 1. The Bertz CT molecular complexity index is 768. The summed E-state index contributed by atoms with van der Waals surface area (Å²) >= 11 is 4.87. The van der Waals surface area contributed by atoms with Gasteiger partial charge in [-0.1, -0.05) is 27.7 Å². The van der Waals surface area contributed by atoms with Gasteiger partial charge < -0.3 is 9.40 Å². The fraction of sp³-hybridized carbons (Fsp3) is 0.0769. The molecule has 0 spiro atoms. The monoisotopic (exact) mass is 336 g/mol. The van der Waals surface area contributed by atoms with Crippen molar-refractivity contribution in [1.82, 2.24) is 9.97 Å². The summed E-state index contributed by atoms with van der Waals surface area (Å²) in [5.41, 5.74) is 0.931. The third-order valence-electron chi connectivity index (χ3n) is 2.60. The summed E-state index contributed by atoms with van der Waals surface area (Å²) in [6.07, 6.45) is 3.44. The van der Waals surface area contributed by atoms with Gasteiger partial charge in [-0.05, 0) is 24.3 Å². The molecule has 0 atom stereocenters. The van der Waals surface area contributed by atoms with Crippen LogP contribution in [0.25, 0.3) is 11.0 Å². The second kappa shape index (κ2) is 5.22. The third-order valence-corrected chi connectivity index (χ3v) is 4.05. The van der Waals surface area contributed by atoms with Crippen LogP contribution in [0.2, 0.25) is 0 Å². The van der Waals surface area contributed by atoms with Gasteiger partial charge in [0.25, 0.3) is 0 Å². The molecule has 3 rings (SSSR count). The van der Waals surface area contributed by atoms with Gasteiger partial charge >= 0.3 is 5.63 Å². The molecule has 0 saturated carbocycles. The zero-order chi connectivity index (χ0) is 13.2. The Labute approximate surface area is 121 Å². The summed E-state index contributed by atoms with van der Waals surface area (Å²) in [5.74, 6) is 0.526. The largest absolute Gasteiger partial charge is 0.423 e. The number of hydrogen-bond acceptors (Lipinski definition) is 4. The molecule has 4 nitrogen and oxygen atoms in total. The van der Waals surface area contributed by atoms with Gasteiger partial charge in [0.05, 0.1) is 0 Å². The highest BCUT2D eigenvalue weighted by atomic mass is 79.9. The molecule has 19 heavy (non-hydrogen) atoms. The van der Waals surface area contributed by atoms with Crippen LogP contribution >= 0.6 is 27.7 Å². The van der Waals surface area contributed by atoms with Crippen LogP contribution in [0, 0.1) is 0 Å². The Balaban J connectivity index is 1.94. The van der Waals surface area contributed by atoms with Gasteiger partial charge in [0.15, 0.2) is 5.16 Å². The van der Waals surface area contributed by atoms with Gasteiger partial charge in [-0.2, -0.15) is 0 Å². The van der Waals surface area contributed by atoms with E-state index < -0.39 is 0 Å².